The van der Waals surface area contributed by atoms with Gasteiger partial charge in [0.05, 0.1) is 17.1 Å². The van der Waals surface area contributed by atoms with Gasteiger partial charge in [-0.15, -0.1) is 0 Å². The maximum absolute atomic E-state index is 13.4. The average Bonchev–Trinajstić information content (AvgIpc) is 3.20. The largest absolute Gasteiger partial charge is 0.419 e. The highest BCUT2D eigenvalue weighted by molar-refractivity contribution is 7.89. The Labute approximate surface area is 217 Å². The fourth-order valence-electron chi connectivity index (χ4n) is 4.51. The quantitative estimate of drug-likeness (QED) is 0.539. The van der Waals surface area contributed by atoms with Crippen molar-refractivity contribution in [3.8, 4) is 0 Å². The monoisotopic (exact) mass is 559 g/mol. The average molecular weight is 560 g/mol. The predicted octanol–water partition coefficient (Wildman–Crippen LogP) is 3.31. The molecule has 2 aliphatic heterocycles. The van der Waals surface area contributed by atoms with E-state index in [0.717, 1.165) is 6.07 Å². The number of amides is 3. The minimum Gasteiger partial charge on any atom is -0.353 e. The fourth-order valence-corrected chi connectivity index (χ4v) is 6.39. The first kappa shape index (κ1) is 27.0. The molecule has 37 heavy (non-hydrogen) atoms. The minimum atomic E-state index is -4.57. The Kier molecular flexibility index (Phi) is 7.56. The van der Waals surface area contributed by atoms with Gasteiger partial charge in [0, 0.05) is 38.9 Å². The van der Waals surface area contributed by atoms with Gasteiger partial charge >= 0.3 is 12.2 Å². The number of alkyl halides is 3. The van der Waals surface area contributed by atoms with Crippen LogP contribution < -0.4 is 4.90 Å². The van der Waals surface area contributed by atoms with Gasteiger partial charge in [-0.3, -0.25) is 4.79 Å². The van der Waals surface area contributed by atoms with Gasteiger partial charge in [0.1, 0.15) is 16.8 Å². The SMILES string of the molecule is CCCN1C(=O)N(S(=O)(=O)c2ccccc2Cl)CC1C(=O)N1CCN(c2ncccc2C(F)(F)F)CC1. The van der Waals surface area contributed by atoms with Crippen LogP contribution in [-0.2, 0) is 21.0 Å². The zero-order valence-electron chi connectivity index (χ0n) is 19.9. The number of carbonyl (C=O) groups excluding carboxylic acids is 2. The van der Waals surface area contributed by atoms with Gasteiger partial charge in [-0.05, 0) is 30.7 Å². The number of halogens is 4. The van der Waals surface area contributed by atoms with Crippen LogP contribution in [0, 0.1) is 0 Å². The summed E-state index contributed by atoms with van der Waals surface area (Å²) in [6, 6.07) is 6.03. The van der Waals surface area contributed by atoms with E-state index in [-0.39, 0.29) is 55.0 Å². The highest BCUT2D eigenvalue weighted by Gasteiger charge is 2.48. The molecule has 200 valence electrons. The molecule has 2 fully saturated rings. The Hall–Kier alpha value is -3.06. The van der Waals surface area contributed by atoms with Crippen LogP contribution in [0.3, 0.4) is 0 Å². The molecule has 1 atom stereocenters. The molecule has 2 aliphatic rings. The molecule has 14 heteroatoms. The fraction of sp³-hybridized carbons (Fsp3) is 0.435. The molecule has 1 unspecified atom stereocenters. The molecule has 0 saturated carbocycles. The summed E-state index contributed by atoms with van der Waals surface area (Å²) in [7, 11) is -4.31. The minimum absolute atomic E-state index is 0.0454. The number of rotatable bonds is 6. The second-order valence-corrected chi connectivity index (χ2v) is 10.9. The highest BCUT2D eigenvalue weighted by atomic mass is 35.5. The molecule has 0 aliphatic carbocycles. The molecular weight excluding hydrogens is 535 g/mol. The van der Waals surface area contributed by atoms with Crippen molar-refractivity contribution in [3.63, 3.8) is 0 Å². The van der Waals surface area contributed by atoms with Crippen molar-refractivity contribution in [1.29, 1.82) is 0 Å². The first-order valence-corrected chi connectivity index (χ1v) is 13.4. The number of urea groups is 1. The lowest BCUT2D eigenvalue weighted by molar-refractivity contribution is -0.138. The lowest BCUT2D eigenvalue weighted by Crippen LogP contribution is -2.55. The van der Waals surface area contributed by atoms with Gasteiger partial charge in [0.15, 0.2) is 0 Å². The van der Waals surface area contributed by atoms with Crippen LogP contribution in [0.5, 0.6) is 0 Å². The van der Waals surface area contributed by atoms with E-state index < -0.39 is 39.7 Å². The summed E-state index contributed by atoms with van der Waals surface area (Å²) in [5.41, 5.74) is -0.856. The number of pyridine rings is 1. The summed E-state index contributed by atoms with van der Waals surface area (Å²) in [5.74, 6) is -0.668. The molecule has 4 rings (SSSR count). The van der Waals surface area contributed by atoms with Crippen LogP contribution in [0.2, 0.25) is 5.02 Å². The number of hydrogen-bond acceptors (Lipinski definition) is 6. The highest BCUT2D eigenvalue weighted by Crippen LogP contribution is 2.35. The second kappa shape index (κ2) is 10.4. The van der Waals surface area contributed by atoms with Crippen LogP contribution in [-0.4, -0.2) is 84.8 Å². The summed E-state index contributed by atoms with van der Waals surface area (Å²) in [6.45, 7) is 1.95. The van der Waals surface area contributed by atoms with E-state index in [1.165, 1.54) is 45.2 Å². The van der Waals surface area contributed by atoms with Crippen LogP contribution in [0.4, 0.5) is 23.8 Å². The van der Waals surface area contributed by atoms with Crippen LogP contribution >= 0.6 is 11.6 Å². The number of sulfonamides is 1. The molecule has 0 radical (unpaired) electrons. The van der Waals surface area contributed by atoms with Crippen LogP contribution in [0.15, 0.2) is 47.5 Å². The van der Waals surface area contributed by atoms with E-state index >= 15 is 0 Å². The number of carbonyl (C=O) groups is 2. The zero-order valence-corrected chi connectivity index (χ0v) is 21.4. The van der Waals surface area contributed by atoms with Crippen molar-refractivity contribution < 1.29 is 31.2 Å². The van der Waals surface area contributed by atoms with Crippen LogP contribution in [0.25, 0.3) is 0 Å². The van der Waals surface area contributed by atoms with Gasteiger partial charge < -0.3 is 14.7 Å². The van der Waals surface area contributed by atoms with E-state index in [2.05, 4.69) is 4.98 Å². The summed E-state index contributed by atoms with van der Waals surface area (Å²) in [5, 5.41) is -0.0454. The summed E-state index contributed by atoms with van der Waals surface area (Å²) >= 11 is 6.07. The third-order valence-electron chi connectivity index (χ3n) is 6.31. The van der Waals surface area contributed by atoms with Crippen molar-refractivity contribution in [2.45, 2.75) is 30.5 Å². The molecule has 1 aromatic carbocycles. The molecule has 9 nitrogen and oxygen atoms in total. The molecule has 3 amide bonds. The lowest BCUT2D eigenvalue weighted by atomic mass is 10.2. The van der Waals surface area contributed by atoms with Crippen molar-refractivity contribution >= 4 is 39.4 Å². The smallest absolute Gasteiger partial charge is 0.353 e. The number of aromatic nitrogens is 1. The number of benzene rings is 1. The standard InChI is InChI=1S/C23H25ClF3N5O4S/c1-2-10-31-18(15-32(22(31)34)37(35,36)19-8-4-3-7-17(19)24)21(33)30-13-11-29(12-14-30)20-16(23(25,26)27)6-5-9-28-20/h3-9,18H,2,10-15H2,1H3. The lowest BCUT2D eigenvalue weighted by Gasteiger charge is -2.38. The first-order chi connectivity index (χ1) is 17.5. The second-order valence-electron chi connectivity index (χ2n) is 8.64. The molecule has 2 aromatic rings. The van der Waals surface area contributed by atoms with Gasteiger partial charge in [-0.25, -0.2) is 22.5 Å². The Morgan fingerprint density at radius 3 is 2.41 bits per heavy atom. The summed E-state index contributed by atoms with van der Waals surface area (Å²) in [6.07, 6.45) is -2.80. The maximum Gasteiger partial charge on any atom is 0.419 e. The van der Waals surface area contributed by atoms with Crippen molar-refractivity contribution in [3.05, 3.63) is 53.2 Å². The number of nitrogens with zero attached hydrogens (tertiary/aromatic N) is 5. The van der Waals surface area contributed by atoms with Gasteiger partial charge in [0.2, 0.25) is 5.91 Å². The molecule has 0 N–H and O–H groups in total. The van der Waals surface area contributed by atoms with Gasteiger partial charge in [-0.2, -0.15) is 13.2 Å². The predicted molar refractivity (Wildman–Crippen MR) is 130 cm³/mol. The molecule has 0 bridgehead atoms. The Bertz CT molecular complexity index is 1290. The summed E-state index contributed by atoms with van der Waals surface area (Å²) < 4.78 is 67.4. The molecule has 2 saturated heterocycles. The van der Waals surface area contributed by atoms with E-state index in [1.54, 1.807) is 13.0 Å². The number of piperazine rings is 1. The van der Waals surface area contributed by atoms with E-state index in [4.69, 9.17) is 11.6 Å². The maximum atomic E-state index is 13.4. The normalized spacial score (nSPS) is 19.1. The van der Waals surface area contributed by atoms with Crippen molar-refractivity contribution in [1.82, 2.24) is 19.1 Å². The molecule has 1 aromatic heterocycles. The third-order valence-corrected chi connectivity index (χ3v) is 8.55. The molecule has 0 spiro atoms. The van der Waals surface area contributed by atoms with E-state index in [0.29, 0.717) is 10.7 Å². The third kappa shape index (κ3) is 5.19. The van der Waals surface area contributed by atoms with Crippen molar-refractivity contribution in [2.24, 2.45) is 0 Å². The van der Waals surface area contributed by atoms with E-state index in [9.17, 15) is 31.2 Å². The van der Waals surface area contributed by atoms with E-state index in [1.807, 2.05) is 0 Å². The Morgan fingerprint density at radius 2 is 1.78 bits per heavy atom. The number of hydrogen-bond donors (Lipinski definition) is 0. The van der Waals surface area contributed by atoms with Gasteiger partial charge in [-0.1, -0.05) is 30.7 Å². The van der Waals surface area contributed by atoms with Gasteiger partial charge in [0.25, 0.3) is 10.0 Å². The molecular formula is C23H25ClF3N5O4S. The zero-order chi connectivity index (χ0) is 27.0. The molecule has 3 heterocycles. The number of anilines is 1. The van der Waals surface area contributed by atoms with Crippen molar-refractivity contribution in [2.75, 3.05) is 44.2 Å². The Balaban J connectivity index is 1.52. The Morgan fingerprint density at radius 1 is 1.11 bits per heavy atom. The van der Waals surface area contributed by atoms with Crippen LogP contribution in [0.1, 0.15) is 18.9 Å². The summed E-state index contributed by atoms with van der Waals surface area (Å²) in [4.78, 5) is 34.4. The first-order valence-electron chi connectivity index (χ1n) is 11.6. The topological polar surface area (TPSA) is 94.1 Å².